The van der Waals surface area contributed by atoms with Gasteiger partial charge in [-0.25, -0.2) is 5.10 Å². The molecule has 2 rings (SSSR count). The molecule has 1 N–H and O–H groups in total. The SMILES string of the molecule is Cc1n[nH]c(=O)c2c1c(C)c(C)n2C. The summed E-state index contributed by atoms with van der Waals surface area (Å²) in [5.74, 6) is 0. The molecule has 0 amide bonds. The van der Waals surface area contributed by atoms with Gasteiger partial charge in [0.15, 0.2) is 0 Å². The van der Waals surface area contributed by atoms with Crippen LogP contribution in [0.25, 0.3) is 10.9 Å². The molecule has 4 heteroatoms. The van der Waals surface area contributed by atoms with E-state index in [0.717, 1.165) is 22.3 Å². The van der Waals surface area contributed by atoms with Crippen molar-refractivity contribution in [3.05, 3.63) is 27.3 Å². The van der Waals surface area contributed by atoms with Crippen LogP contribution in [-0.4, -0.2) is 14.8 Å². The van der Waals surface area contributed by atoms with Crippen LogP contribution < -0.4 is 5.56 Å². The highest BCUT2D eigenvalue weighted by Crippen LogP contribution is 2.22. The summed E-state index contributed by atoms with van der Waals surface area (Å²) < 4.78 is 1.91. The molecule has 0 unspecified atom stereocenters. The zero-order chi connectivity index (χ0) is 10.5. The van der Waals surface area contributed by atoms with Gasteiger partial charge >= 0.3 is 0 Å². The summed E-state index contributed by atoms with van der Waals surface area (Å²) in [4.78, 5) is 11.6. The first kappa shape index (κ1) is 8.99. The summed E-state index contributed by atoms with van der Waals surface area (Å²) in [7, 11) is 1.90. The van der Waals surface area contributed by atoms with Crippen molar-refractivity contribution < 1.29 is 0 Å². The van der Waals surface area contributed by atoms with E-state index >= 15 is 0 Å². The normalized spacial score (nSPS) is 11.1. The molecular weight excluding hydrogens is 178 g/mol. The number of aromatic nitrogens is 3. The molecule has 0 saturated heterocycles. The lowest BCUT2D eigenvalue weighted by atomic mass is 10.1. The fourth-order valence-electron chi connectivity index (χ4n) is 1.90. The van der Waals surface area contributed by atoms with Gasteiger partial charge in [-0.1, -0.05) is 0 Å². The Kier molecular flexibility index (Phi) is 1.74. The molecule has 2 heterocycles. The molecule has 0 aliphatic carbocycles. The van der Waals surface area contributed by atoms with E-state index in [2.05, 4.69) is 10.2 Å². The van der Waals surface area contributed by atoms with Gasteiger partial charge in [-0.15, -0.1) is 0 Å². The first-order chi connectivity index (χ1) is 6.54. The van der Waals surface area contributed by atoms with Gasteiger partial charge in [-0.05, 0) is 26.3 Å². The van der Waals surface area contributed by atoms with Gasteiger partial charge < -0.3 is 4.57 Å². The molecule has 0 atom stereocenters. The van der Waals surface area contributed by atoms with Crippen molar-refractivity contribution in [1.82, 2.24) is 14.8 Å². The van der Waals surface area contributed by atoms with Crippen molar-refractivity contribution in [2.75, 3.05) is 0 Å². The fourth-order valence-corrected chi connectivity index (χ4v) is 1.90. The Hall–Kier alpha value is -1.58. The Morgan fingerprint density at radius 2 is 1.93 bits per heavy atom. The minimum atomic E-state index is -0.121. The van der Waals surface area contributed by atoms with E-state index in [1.54, 1.807) is 0 Å². The van der Waals surface area contributed by atoms with Gasteiger partial charge in [-0.3, -0.25) is 4.79 Å². The van der Waals surface area contributed by atoms with Crippen molar-refractivity contribution >= 4 is 10.9 Å². The van der Waals surface area contributed by atoms with Gasteiger partial charge in [0.1, 0.15) is 5.52 Å². The molecule has 0 radical (unpaired) electrons. The third-order valence-electron chi connectivity index (χ3n) is 2.90. The van der Waals surface area contributed by atoms with Crippen LogP contribution in [0.15, 0.2) is 4.79 Å². The monoisotopic (exact) mass is 191 g/mol. The number of aryl methyl sites for hydroxylation is 3. The maximum Gasteiger partial charge on any atom is 0.288 e. The number of hydrogen-bond acceptors (Lipinski definition) is 2. The smallest absolute Gasteiger partial charge is 0.288 e. The molecule has 0 fully saturated rings. The average Bonchev–Trinajstić information content (AvgIpc) is 2.38. The van der Waals surface area contributed by atoms with Gasteiger partial charge in [0, 0.05) is 18.1 Å². The summed E-state index contributed by atoms with van der Waals surface area (Å²) in [5.41, 5.74) is 3.72. The molecule has 0 aliphatic heterocycles. The number of fused-ring (bicyclic) bond motifs is 1. The predicted octanol–water partition coefficient (Wildman–Crippen LogP) is 1.19. The van der Waals surface area contributed by atoms with E-state index in [0.29, 0.717) is 5.52 Å². The van der Waals surface area contributed by atoms with E-state index < -0.39 is 0 Å². The zero-order valence-corrected chi connectivity index (χ0v) is 8.80. The number of H-pyrrole nitrogens is 1. The average molecular weight is 191 g/mol. The summed E-state index contributed by atoms with van der Waals surface area (Å²) in [5, 5.41) is 7.45. The van der Waals surface area contributed by atoms with Gasteiger partial charge in [0.05, 0.1) is 5.69 Å². The van der Waals surface area contributed by atoms with Crippen molar-refractivity contribution in [2.45, 2.75) is 20.8 Å². The van der Waals surface area contributed by atoms with Crippen LogP contribution >= 0.6 is 0 Å². The van der Waals surface area contributed by atoms with Crippen molar-refractivity contribution in [1.29, 1.82) is 0 Å². The lowest BCUT2D eigenvalue weighted by molar-refractivity contribution is 0.889. The topological polar surface area (TPSA) is 50.7 Å². The van der Waals surface area contributed by atoms with E-state index in [1.165, 1.54) is 0 Å². The second kappa shape index (κ2) is 2.70. The van der Waals surface area contributed by atoms with Gasteiger partial charge in [0.25, 0.3) is 5.56 Å². The molecule has 0 aromatic carbocycles. The fraction of sp³-hybridized carbons (Fsp3) is 0.400. The second-order valence-electron chi connectivity index (χ2n) is 3.63. The summed E-state index contributed by atoms with van der Waals surface area (Å²) in [6.45, 7) is 5.94. The molecule has 0 bridgehead atoms. The van der Waals surface area contributed by atoms with E-state index in [9.17, 15) is 4.79 Å². The third kappa shape index (κ3) is 0.937. The molecule has 4 nitrogen and oxygen atoms in total. The van der Waals surface area contributed by atoms with Crippen LogP contribution in [0.3, 0.4) is 0 Å². The Morgan fingerprint density at radius 1 is 1.29 bits per heavy atom. The van der Waals surface area contributed by atoms with Crippen LogP contribution in [-0.2, 0) is 7.05 Å². The van der Waals surface area contributed by atoms with E-state index in [4.69, 9.17) is 0 Å². The highest BCUT2D eigenvalue weighted by molar-refractivity contribution is 5.86. The first-order valence-corrected chi connectivity index (χ1v) is 4.55. The van der Waals surface area contributed by atoms with Crippen LogP contribution in [0.5, 0.6) is 0 Å². The standard InChI is InChI=1S/C10H13N3O/c1-5-7(3)13(4)9-8(5)6(2)11-12-10(9)14/h1-4H3,(H,12,14). The molecule has 0 saturated carbocycles. The molecule has 74 valence electrons. The Morgan fingerprint density at radius 3 is 2.50 bits per heavy atom. The number of nitrogens with zero attached hydrogens (tertiary/aromatic N) is 2. The van der Waals surface area contributed by atoms with Crippen LogP contribution in [0.2, 0.25) is 0 Å². The lowest BCUT2D eigenvalue weighted by Gasteiger charge is -1.97. The lowest BCUT2D eigenvalue weighted by Crippen LogP contribution is -2.12. The van der Waals surface area contributed by atoms with E-state index in [1.807, 2.05) is 32.4 Å². The predicted molar refractivity (Wildman–Crippen MR) is 55.5 cm³/mol. The summed E-state index contributed by atoms with van der Waals surface area (Å²) in [6, 6.07) is 0. The Labute approximate surface area is 81.6 Å². The van der Waals surface area contributed by atoms with Gasteiger partial charge in [-0.2, -0.15) is 5.10 Å². The van der Waals surface area contributed by atoms with Crippen molar-refractivity contribution in [3.63, 3.8) is 0 Å². The molecule has 0 spiro atoms. The maximum absolute atomic E-state index is 11.6. The highest BCUT2D eigenvalue weighted by Gasteiger charge is 2.13. The van der Waals surface area contributed by atoms with Gasteiger partial charge in [0.2, 0.25) is 0 Å². The quantitative estimate of drug-likeness (QED) is 0.680. The molecule has 0 aliphatic rings. The third-order valence-corrected chi connectivity index (χ3v) is 2.90. The minimum Gasteiger partial charge on any atom is -0.343 e. The van der Waals surface area contributed by atoms with Crippen molar-refractivity contribution in [3.8, 4) is 0 Å². The molecule has 14 heavy (non-hydrogen) atoms. The number of nitrogens with one attached hydrogen (secondary N) is 1. The molecular formula is C10H13N3O. The Balaban J connectivity index is 3.16. The van der Waals surface area contributed by atoms with Crippen LogP contribution in [0, 0.1) is 20.8 Å². The van der Waals surface area contributed by atoms with Crippen molar-refractivity contribution in [2.24, 2.45) is 7.05 Å². The zero-order valence-electron chi connectivity index (χ0n) is 8.80. The molecule has 2 aromatic heterocycles. The highest BCUT2D eigenvalue weighted by atomic mass is 16.1. The maximum atomic E-state index is 11.6. The summed E-state index contributed by atoms with van der Waals surface area (Å²) in [6.07, 6.45) is 0. The second-order valence-corrected chi connectivity index (χ2v) is 3.63. The number of aromatic amines is 1. The van der Waals surface area contributed by atoms with E-state index in [-0.39, 0.29) is 5.56 Å². The van der Waals surface area contributed by atoms with Crippen LogP contribution in [0.4, 0.5) is 0 Å². The number of hydrogen-bond donors (Lipinski definition) is 1. The summed E-state index contributed by atoms with van der Waals surface area (Å²) >= 11 is 0. The van der Waals surface area contributed by atoms with Crippen LogP contribution in [0.1, 0.15) is 17.0 Å². The number of rotatable bonds is 0. The first-order valence-electron chi connectivity index (χ1n) is 4.55. The minimum absolute atomic E-state index is 0.121. The largest absolute Gasteiger partial charge is 0.343 e. The molecule has 2 aromatic rings. The Bertz CT molecular complexity index is 563.